The van der Waals surface area contributed by atoms with E-state index < -0.39 is 0 Å². The van der Waals surface area contributed by atoms with E-state index in [2.05, 4.69) is 10.00 Å². The molecule has 0 N–H and O–H groups in total. The van der Waals surface area contributed by atoms with Gasteiger partial charge in [-0.1, -0.05) is 41.1 Å². The molecule has 0 bridgehead atoms. The van der Waals surface area contributed by atoms with Gasteiger partial charge >= 0.3 is 0 Å². The van der Waals surface area contributed by atoms with Crippen LogP contribution in [0.2, 0.25) is 5.02 Å². The van der Waals surface area contributed by atoms with Gasteiger partial charge in [0.2, 0.25) is 5.91 Å². The van der Waals surface area contributed by atoms with Gasteiger partial charge in [-0.15, -0.1) is 0 Å². The van der Waals surface area contributed by atoms with Crippen LogP contribution in [0.1, 0.15) is 11.3 Å². The van der Waals surface area contributed by atoms with Crippen LogP contribution in [0.4, 0.5) is 9.52 Å². The molecule has 0 saturated carbocycles. The first kappa shape index (κ1) is 20.9. The number of amides is 1. The number of aromatic nitrogens is 3. The van der Waals surface area contributed by atoms with Gasteiger partial charge in [0.15, 0.2) is 10.8 Å². The monoisotopic (exact) mass is 469 g/mol. The molecule has 2 aromatic heterocycles. The van der Waals surface area contributed by atoms with E-state index in [0.717, 1.165) is 32.4 Å². The average molecular weight is 470 g/mol. The van der Waals surface area contributed by atoms with Gasteiger partial charge in [-0.25, -0.2) is 9.07 Å². The molecule has 1 saturated heterocycles. The number of carbonyl (C=O) groups excluding carboxylic acids is 1. The maximum Gasteiger partial charge on any atom is 0.227 e. The lowest BCUT2D eigenvalue weighted by Crippen LogP contribution is -2.49. The van der Waals surface area contributed by atoms with Gasteiger partial charge in [0, 0.05) is 31.2 Å². The molecule has 0 atom stereocenters. The number of carbonyl (C=O) groups is 1. The molecular formula is C23H21ClFN5OS. The zero-order chi connectivity index (χ0) is 22.2. The Morgan fingerprint density at radius 2 is 1.81 bits per heavy atom. The van der Waals surface area contributed by atoms with Crippen LogP contribution >= 0.6 is 22.9 Å². The first-order chi connectivity index (χ1) is 15.5. The molecule has 164 valence electrons. The number of nitrogens with zero attached hydrogens (tertiary/aromatic N) is 5. The van der Waals surface area contributed by atoms with Crippen molar-refractivity contribution in [3.8, 4) is 5.69 Å². The van der Waals surface area contributed by atoms with Crippen LogP contribution in [-0.2, 0) is 11.2 Å². The normalized spacial score (nSPS) is 14.3. The fourth-order valence-corrected chi connectivity index (χ4v) is 5.13. The second kappa shape index (κ2) is 8.52. The van der Waals surface area contributed by atoms with Crippen LogP contribution in [-0.4, -0.2) is 51.8 Å². The minimum Gasteiger partial charge on any atom is -0.344 e. The molecule has 32 heavy (non-hydrogen) atoms. The largest absolute Gasteiger partial charge is 0.344 e. The third-order valence-corrected chi connectivity index (χ3v) is 7.23. The number of halogens is 2. The van der Waals surface area contributed by atoms with Gasteiger partial charge in [0.05, 0.1) is 22.5 Å². The molecule has 0 radical (unpaired) electrons. The van der Waals surface area contributed by atoms with Crippen molar-refractivity contribution >= 4 is 44.3 Å². The van der Waals surface area contributed by atoms with Gasteiger partial charge in [0.1, 0.15) is 5.82 Å². The zero-order valence-corrected chi connectivity index (χ0v) is 19.0. The Bertz CT molecular complexity index is 1280. The first-order valence-corrected chi connectivity index (χ1v) is 11.6. The molecule has 5 rings (SSSR count). The van der Waals surface area contributed by atoms with Crippen LogP contribution in [0, 0.1) is 12.7 Å². The van der Waals surface area contributed by atoms with Crippen molar-refractivity contribution in [2.45, 2.75) is 13.3 Å². The minimum atomic E-state index is -0.283. The molecule has 3 heterocycles. The topological polar surface area (TPSA) is 54.3 Å². The van der Waals surface area contributed by atoms with Crippen molar-refractivity contribution < 1.29 is 9.18 Å². The van der Waals surface area contributed by atoms with Gasteiger partial charge in [-0.2, -0.15) is 10.1 Å². The summed E-state index contributed by atoms with van der Waals surface area (Å²) in [6.07, 6.45) is 0.313. The Kier molecular flexibility index (Phi) is 5.57. The number of rotatable bonds is 4. The molecule has 0 aliphatic carbocycles. The number of hydrogen-bond acceptors (Lipinski definition) is 5. The van der Waals surface area contributed by atoms with Gasteiger partial charge in [-0.05, 0) is 42.8 Å². The Balaban J connectivity index is 1.30. The summed E-state index contributed by atoms with van der Waals surface area (Å²) in [5.41, 5.74) is 3.29. The van der Waals surface area contributed by atoms with Gasteiger partial charge < -0.3 is 9.80 Å². The lowest BCUT2D eigenvalue weighted by Gasteiger charge is -2.34. The zero-order valence-electron chi connectivity index (χ0n) is 17.5. The van der Waals surface area contributed by atoms with Crippen LogP contribution in [0.5, 0.6) is 0 Å². The lowest BCUT2D eigenvalue weighted by atomic mass is 10.1. The number of fused-ring (bicyclic) bond motifs is 1. The Hall–Kier alpha value is -2.97. The molecule has 1 aliphatic heterocycles. The fraction of sp³-hybridized carbons (Fsp3) is 0.261. The highest BCUT2D eigenvalue weighted by molar-refractivity contribution is 7.22. The van der Waals surface area contributed by atoms with E-state index in [9.17, 15) is 9.18 Å². The molecule has 1 fully saturated rings. The quantitative estimate of drug-likeness (QED) is 0.442. The second-order valence-electron chi connectivity index (χ2n) is 7.76. The predicted molar refractivity (Wildman–Crippen MR) is 125 cm³/mol. The lowest BCUT2D eigenvalue weighted by molar-refractivity contribution is -0.130. The van der Waals surface area contributed by atoms with Crippen LogP contribution in [0.15, 0.2) is 48.5 Å². The number of hydrogen-bond donors (Lipinski definition) is 0. The number of piperazine rings is 1. The van der Waals surface area contributed by atoms with Crippen molar-refractivity contribution in [2.24, 2.45) is 0 Å². The third kappa shape index (κ3) is 3.96. The average Bonchev–Trinajstić information content (AvgIpc) is 3.37. The van der Waals surface area contributed by atoms with Crippen LogP contribution in [0.25, 0.3) is 16.0 Å². The minimum absolute atomic E-state index is 0.0878. The first-order valence-electron chi connectivity index (χ1n) is 10.4. The number of anilines is 1. The maximum atomic E-state index is 13.3. The van der Waals surface area contributed by atoms with Crippen molar-refractivity contribution in [3.05, 3.63) is 70.6 Å². The van der Waals surface area contributed by atoms with E-state index in [1.54, 1.807) is 28.2 Å². The van der Waals surface area contributed by atoms with Crippen molar-refractivity contribution in [1.29, 1.82) is 0 Å². The summed E-state index contributed by atoms with van der Waals surface area (Å²) in [5, 5.41) is 6.11. The van der Waals surface area contributed by atoms with E-state index in [1.807, 2.05) is 36.1 Å². The van der Waals surface area contributed by atoms with Crippen LogP contribution < -0.4 is 4.90 Å². The second-order valence-corrected chi connectivity index (χ2v) is 9.14. The molecule has 9 heteroatoms. The van der Waals surface area contributed by atoms with E-state index in [4.69, 9.17) is 16.6 Å². The summed E-state index contributed by atoms with van der Waals surface area (Å²) in [6, 6.07) is 13.7. The fourth-order valence-electron chi connectivity index (χ4n) is 3.88. The molecular weight excluding hydrogens is 449 g/mol. The van der Waals surface area contributed by atoms with E-state index >= 15 is 0 Å². The molecule has 4 aromatic rings. The molecule has 0 spiro atoms. The summed E-state index contributed by atoms with van der Waals surface area (Å²) in [5.74, 6) is -0.195. The molecule has 6 nitrogen and oxygen atoms in total. The molecule has 1 aliphatic rings. The van der Waals surface area contributed by atoms with E-state index in [-0.39, 0.29) is 11.7 Å². The summed E-state index contributed by atoms with van der Waals surface area (Å²) in [6.45, 7) is 4.67. The van der Waals surface area contributed by atoms with Gasteiger partial charge in [-0.3, -0.25) is 4.79 Å². The number of aryl methyl sites for hydroxylation is 1. The number of benzene rings is 2. The Morgan fingerprint density at radius 1 is 1.09 bits per heavy atom. The molecule has 1 amide bonds. The summed E-state index contributed by atoms with van der Waals surface area (Å²) in [4.78, 5) is 21.7. The summed E-state index contributed by atoms with van der Waals surface area (Å²) >= 11 is 7.80. The highest BCUT2D eigenvalue weighted by Crippen LogP contribution is 2.33. The van der Waals surface area contributed by atoms with E-state index in [1.165, 1.54) is 12.1 Å². The van der Waals surface area contributed by atoms with Gasteiger partial charge in [0.25, 0.3) is 0 Å². The van der Waals surface area contributed by atoms with Crippen LogP contribution in [0.3, 0.4) is 0 Å². The smallest absolute Gasteiger partial charge is 0.227 e. The highest BCUT2D eigenvalue weighted by Gasteiger charge is 2.25. The highest BCUT2D eigenvalue weighted by atomic mass is 35.5. The Morgan fingerprint density at radius 3 is 2.53 bits per heavy atom. The summed E-state index contributed by atoms with van der Waals surface area (Å²) < 4.78 is 16.1. The molecule has 2 aromatic carbocycles. The van der Waals surface area contributed by atoms with Crippen molar-refractivity contribution in [1.82, 2.24) is 19.7 Å². The SMILES string of the molecule is Cc1nn(-c2ccc(F)cc2)c2nc(N3CCN(C(=O)Cc4ccccc4Cl)CC3)sc12. The maximum absolute atomic E-state index is 13.3. The molecule has 0 unspecified atom stereocenters. The van der Waals surface area contributed by atoms with Crippen molar-refractivity contribution in [3.63, 3.8) is 0 Å². The predicted octanol–water partition coefficient (Wildman–Crippen LogP) is 4.47. The number of thiazole rings is 1. The third-order valence-electron chi connectivity index (χ3n) is 5.65. The van der Waals surface area contributed by atoms with E-state index in [0.29, 0.717) is 37.6 Å². The standard InChI is InChI=1S/C23H21ClFN5OS/c1-15-21-22(30(27-15)18-8-6-17(25)7-9-18)26-23(32-21)29-12-10-28(11-13-29)20(31)14-16-4-2-3-5-19(16)24/h2-9H,10-14H2,1H3. The Labute approximate surface area is 193 Å². The van der Waals surface area contributed by atoms with Crippen molar-refractivity contribution in [2.75, 3.05) is 31.1 Å². The summed E-state index contributed by atoms with van der Waals surface area (Å²) in [7, 11) is 0.